The molecule has 2 saturated heterocycles. The van der Waals surface area contributed by atoms with E-state index in [1.165, 1.54) is 16.2 Å². The number of aromatic nitrogens is 2. The fourth-order valence-corrected chi connectivity index (χ4v) is 5.77. The molecule has 0 radical (unpaired) electrons. The highest BCUT2D eigenvalue weighted by Crippen LogP contribution is 2.33. The number of rotatable bonds is 6. The molecule has 196 valence electrons. The largest absolute Gasteiger partial charge is 0.450 e. The van der Waals surface area contributed by atoms with E-state index in [0.29, 0.717) is 72.0 Å². The maximum Gasteiger partial charge on any atom is 0.409 e. The molecule has 0 unspecified atom stereocenters. The Morgan fingerprint density at radius 2 is 1.82 bits per heavy atom. The Morgan fingerprint density at radius 3 is 2.55 bits per heavy atom. The third-order valence-electron chi connectivity index (χ3n) is 6.47. The Labute approximate surface area is 229 Å². The molecule has 0 bridgehead atoms. The Hall–Kier alpha value is -3.70. The van der Waals surface area contributed by atoms with Gasteiger partial charge in [0.1, 0.15) is 15.8 Å². The molecule has 9 nitrogen and oxygen atoms in total. The number of thioether (sulfide) groups is 1. The number of hydrogen-bond donors (Lipinski definition) is 0. The van der Waals surface area contributed by atoms with E-state index in [9.17, 15) is 14.4 Å². The second-order valence-electron chi connectivity index (χ2n) is 8.83. The third-order valence-corrected chi connectivity index (χ3v) is 7.85. The Bertz CT molecular complexity index is 1470. The van der Waals surface area contributed by atoms with Gasteiger partial charge in [0.2, 0.25) is 0 Å². The van der Waals surface area contributed by atoms with Crippen molar-refractivity contribution in [1.29, 1.82) is 0 Å². The van der Waals surface area contributed by atoms with E-state index in [1.54, 1.807) is 41.1 Å². The van der Waals surface area contributed by atoms with Gasteiger partial charge in [0.25, 0.3) is 11.5 Å². The number of piperazine rings is 1. The van der Waals surface area contributed by atoms with E-state index in [2.05, 4.69) is 0 Å². The lowest BCUT2D eigenvalue weighted by atomic mass is 10.1. The summed E-state index contributed by atoms with van der Waals surface area (Å²) >= 11 is 6.72. The van der Waals surface area contributed by atoms with Crippen LogP contribution < -0.4 is 10.5 Å². The molecule has 2 amide bonds. The van der Waals surface area contributed by atoms with Crippen LogP contribution in [0.1, 0.15) is 18.1 Å². The summed E-state index contributed by atoms with van der Waals surface area (Å²) in [6.07, 6.45) is 3.61. The fourth-order valence-electron chi connectivity index (χ4n) is 4.48. The summed E-state index contributed by atoms with van der Waals surface area (Å²) in [4.78, 5) is 49.5. The fraction of sp³-hybridized carbons (Fsp3) is 0.296. The molecule has 2 aliphatic heterocycles. The minimum atomic E-state index is -0.349. The van der Waals surface area contributed by atoms with Crippen LogP contribution in [-0.2, 0) is 16.0 Å². The van der Waals surface area contributed by atoms with Gasteiger partial charge in [0.05, 0.1) is 17.1 Å². The molecule has 0 saturated carbocycles. The van der Waals surface area contributed by atoms with Crippen molar-refractivity contribution in [2.24, 2.45) is 0 Å². The van der Waals surface area contributed by atoms with Gasteiger partial charge in [-0.3, -0.25) is 18.9 Å². The van der Waals surface area contributed by atoms with Crippen molar-refractivity contribution in [2.45, 2.75) is 13.3 Å². The zero-order chi connectivity index (χ0) is 26.6. The van der Waals surface area contributed by atoms with Crippen LogP contribution in [0, 0.1) is 0 Å². The lowest BCUT2D eigenvalue weighted by Crippen LogP contribution is -2.49. The van der Waals surface area contributed by atoms with Gasteiger partial charge >= 0.3 is 6.09 Å². The van der Waals surface area contributed by atoms with Crippen LogP contribution in [0.25, 0.3) is 11.7 Å². The molecule has 5 rings (SSSR count). The number of amides is 2. The average Bonchev–Trinajstić information content (AvgIpc) is 3.21. The van der Waals surface area contributed by atoms with Crippen LogP contribution in [-0.4, -0.2) is 74.8 Å². The van der Waals surface area contributed by atoms with Crippen molar-refractivity contribution >= 4 is 57.8 Å². The normalized spacial score (nSPS) is 17.1. The van der Waals surface area contributed by atoms with Gasteiger partial charge in [-0.15, -0.1) is 0 Å². The van der Waals surface area contributed by atoms with Crippen LogP contribution in [0.5, 0.6) is 0 Å². The number of thiocarbonyl (C=S) groups is 1. The molecule has 2 aliphatic rings. The third kappa shape index (κ3) is 5.30. The molecule has 38 heavy (non-hydrogen) atoms. The quantitative estimate of drug-likeness (QED) is 0.342. The lowest BCUT2D eigenvalue weighted by molar-refractivity contribution is -0.122. The average molecular weight is 550 g/mol. The monoisotopic (exact) mass is 549 g/mol. The van der Waals surface area contributed by atoms with E-state index in [4.69, 9.17) is 21.9 Å². The lowest BCUT2D eigenvalue weighted by Gasteiger charge is -2.35. The van der Waals surface area contributed by atoms with Crippen LogP contribution in [0.3, 0.4) is 0 Å². The molecule has 11 heteroatoms. The zero-order valence-electron chi connectivity index (χ0n) is 20.9. The number of carbonyl (C=O) groups is 2. The van der Waals surface area contributed by atoms with Crippen molar-refractivity contribution in [3.8, 4) is 0 Å². The number of fused-ring (bicyclic) bond motifs is 1. The summed E-state index contributed by atoms with van der Waals surface area (Å²) in [6, 6.07) is 15.3. The number of anilines is 1. The molecule has 0 atom stereocenters. The van der Waals surface area contributed by atoms with Gasteiger partial charge in [-0.1, -0.05) is 60.4 Å². The Balaban J connectivity index is 1.44. The smallest absolute Gasteiger partial charge is 0.409 e. The van der Waals surface area contributed by atoms with Gasteiger partial charge in [-0.05, 0) is 37.1 Å². The first kappa shape index (κ1) is 25.9. The van der Waals surface area contributed by atoms with Crippen LogP contribution >= 0.6 is 24.0 Å². The van der Waals surface area contributed by atoms with Crippen LogP contribution in [0.4, 0.5) is 10.6 Å². The maximum atomic E-state index is 13.6. The van der Waals surface area contributed by atoms with Crippen molar-refractivity contribution in [1.82, 2.24) is 19.2 Å². The molecule has 0 N–H and O–H groups in total. The van der Waals surface area contributed by atoms with E-state index in [0.717, 1.165) is 5.56 Å². The van der Waals surface area contributed by atoms with E-state index >= 15 is 0 Å². The second-order valence-corrected chi connectivity index (χ2v) is 10.5. The molecule has 2 fully saturated rings. The van der Waals surface area contributed by atoms with Crippen molar-refractivity contribution < 1.29 is 14.3 Å². The number of carbonyl (C=O) groups excluding carboxylic acids is 2. The molecule has 0 aliphatic carbocycles. The van der Waals surface area contributed by atoms with Crippen molar-refractivity contribution in [3.05, 3.63) is 81.1 Å². The number of ether oxygens (including phenoxy) is 1. The summed E-state index contributed by atoms with van der Waals surface area (Å²) in [7, 11) is 0. The molecule has 2 aromatic heterocycles. The molecule has 1 aromatic carbocycles. The van der Waals surface area contributed by atoms with Gasteiger partial charge in [0, 0.05) is 38.9 Å². The molecule has 3 aromatic rings. The van der Waals surface area contributed by atoms with Crippen LogP contribution in [0.15, 0.2) is 64.4 Å². The highest BCUT2D eigenvalue weighted by molar-refractivity contribution is 8.26. The van der Waals surface area contributed by atoms with E-state index in [-0.39, 0.29) is 17.6 Å². The SMILES string of the molecule is CCOC(=O)N1CCN(c2nc3ccccn3c(=O)c2/C=C2/SC(=S)N(CCc3ccccc3)C2=O)CC1. The Kier molecular flexibility index (Phi) is 7.75. The number of benzene rings is 1. The predicted molar refractivity (Wildman–Crippen MR) is 152 cm³/mol. The second kappa shape index (κ2) is 11.4. The highest BCUT2D eigenvalue weighted by Gasteiger charge is 2.33. The summed E-state index contributed by atoms with van der Waals surface area (Å²) < 4.78 is 7.07. The van der Waals surface area contributed by atoms with Crippen LogP contribution in [0.2, 0.25) is 0 Å². The first-order valence-electron chi connectivity index (χ1n) is 12.4. The summed E-state index contributed by atoms with van der Waals surface area (Å²) in [6.45, 7) is 4.39. The standard InChI is InChI=1S/C27H27N5O4S2/c1-2-36-26(35)30-16-14-29(15-17-30)23-20(24(33)31-12-7-6-10-22(31)28-23)18-21-25(34)32(27(37)38-21)13-11-19-8-4-3-5-9-19/h3-10,12,18H,2,11,13-17H2,1H3/b21-18+. The van der Waals surface area contributed by atoms with Gasteiger partial charge in [-0.25, -0.2) is 9.78 Å². The van der Waals surface area contributed by atoms with Gasteiger partial charge < -0.3 is 14.5 Å². The number of pyridine rings is 1. The van der Waals surface area contributed by atoms with Gasteiger partial charge in [0.15, 0.2) is 0 Å². The first-order chi connectivity index (χ1) is 18.5. The van der Waals surface area contributed by atoms with Gasteiger partial charge in [-0.2, -0.15) is 0 Å². The van der Waals surface area contributed by atoms with E-state index < -0.39 is 0 Å². The highest BCUT2D eigenvalue weighted by atomic mass is 32.2. The summed E-state index contributed by atoms with van der Waals surface area (Å²) in [5.74, 6) is 0.269. The maximum absolute atomic E-state index is 13.6. The number of nitrogens with zero attached hydrogens (tertiary/aromatic N) is 5. The van der Waals surface area contributed by atoms with Crippen molar-refractivity contribution in [3.63, 3.8) is 0 Å². The minimum Gasteiger partial charge on any atom is -0.450 e. The Morgan fingerprint density at radius 1 is 1.08 bits per heavy atom. The molecular formula is C27H27N5O4S2. The van der Waals surface area contributed by atoms with Crippen molar-refractivity contribution in [2.75, 3.05) is 44.2 Å². The summed E-state index contributed by atoms with van der Waals surface area (Å²) in [5, 5.41) is 0. The van der Waals surface area contributed by atoms with E-state index in [1.807, 2.05) is 41.3 Å². The molecule has 0 spiro atoms. The minimum absolute atomic E-state index is 0.216. The predicted octanol–water partition coefficient (Wildman–Crippen LogP) is 3.42. The summed E-state index contributed by atoms with van der Waals surface area (Å²) in [5.41, 5.74) is 1.68. The molecule has 4 heterocycles. The topological polar surface area (TPSA) is 87.5 Å². The zero-order valence-corrected chi connectivity index (χ0v) is 22.5. The molecular weight excluding hydrogens is 522 g/mol. The number of hydrogen-bond acceptors (Lipinski definition) is 8. The first-order valence-corrected chi connectivity index (χ1v) is 13.7.